The molecular formula is C13H14N4O. The summed E-state index contributed by atoms with van der Waals surface area (Å²) in [4.78, 5) is 13.2. The molecule has 0 heterocycles. The zero-order valence-electron chi connectivity index (χ0n) is 10.3. The van der Waals surface area contributed by atoms with Crippen molar-refractivity contribution in [1.29, 1.82) is 5.26 Å². The van der Waals surface area contributed by atoms with Gasteiger partial charge in [0.1, 0.15) is 11.6 Å². The van der Waals surface area contributed by atoms with E-state index < -0.39 is 5.91 Å². The lowest BCUT2D eigenvalue weighted by atomic mass is 10.2. The van der Waals surface area contributed by atoms with E-state index in [1.165, 1.54) is 12.4 Å². The summed E-state index contributed by atoms with van der Waals surface area (Å²) in [6, 6.07) is 11.2. The van der Waals surface area contributed by atoms with Gasteiger partial charge in [0.25, 0.3) is 5.91 Å². The van der Waals surface area contributed by atoms with Crippen molar-refractivity contribution in [3.8, 4) is 6.07 Å². The molecule has 1 amide bonds. The van der Waals surface area contributed by atoms with Crippen LogP contribution in [0.25, 0.3) is 0 Å². The molecule has 0 saturated heterocycles. The second kappa shape index (κ2) is 6.86. The summed E-state index contributed by atoms with van der Waals surface area (Å²) in [6.07, 6.45) is 2.95. The van der Waals surface area contributed by atoms with E-state index >= 15 is 0 Å². The van der Waals surface area contributed by atoms with Crippen molar-refractivity contribution in [3.05, 3.63) is 47.7 Å². The van der Waals surface area contributed by atoms with E-state index in [1.807, 2.05) is 36.4 Å². The maximum Gasteiger partial charge on any atom is 0.283 e. The molecule has 5 heteroatoms. The number of hydrogen-bond acceptors (Lipinski definition) is 4. The van der Waals surface area contributed by atoms with Crippen LogP contribution in [0.1, 0.15) is 5.56 Å². The first kappa shape index (κ1) is 13.5. The Kier molecular flexibility index (Phi) is 5.13. The molecule has 1 aromatic rings. The van der Waals surface area contributed by atoms with Crippen molar-refractivity contribution in [3.63, 3.8) is 0 Å². The molecule has 1 N–H and O–H groups in total. The summed E-state index contributed by atoms with van der Waals surface area (Å²) in [6.45, 7) is 0. The number of nitrogens with zero attached hydrogens (tertiary/aromatic N) is 3. The van der Waals surface area contributed by atoms with Crippen LogP contribution in [0.3, 0.4) is 0 Å². The van der Waals surface area contributed by atoms with E-state index in [2.05, 4.69) is 10.5 Å². The Morgan fingerprint density at radius 2 is 2.06 bits per heavy atom. The molecule has 92 valence electrons. The quantitative estimate of drug-likeness (QED) is 0.372. The topological polar surface area (TPSA) is 68.5 Å². The SMILES string of the molecule is CN(C)/C=C(\C#N)C(=O)N/N=C\c1ccccc1. The molecule has 1 rings (SSSR count). The van der Waals surface area contributed by atoms with E-state index in [4.69, 9.17) is 5.26 Å². The van der Waals surface area contributed by atoms with Gasteiger partial charge in [-0.1, -0.05) is 30.3 Å². The lowest BCUT2D eigenvalue weighted by Gasteiger charge is -2.05. The van der Waals surface area contributed by atoms with Gasteiger partial charge in [-0.3, -0.25) is 4.79 Å². The number of nitrogens with one attached hydrogen (secondary N) is 1. The van der Waals surface area contributed by atoms with E-state index in [0.29, 0.717) is 0 Å². The summed E-state index contributed by atoms with van der Waals surface area (Å²) < 4.78 is 0. The fraction of sp³-hybridized carbons (Fsp3) is 0.154. The third-order valence-electron chi connectivity index (χ3n) is 1.93. The van der Waals surface area contributed by atoms with E-state index in [9.17, 15) is 4.79 Å². The van der Waals surface area contributed by atoms with Crippen molar-refractivity contribution in [2.45, 2.75) is 0 Å². The molecule has 18 heavy (non-hydrogen) atoms. The molecule has 0 spiro atoms. The minimum atomic E-state index is -0.529. The number of hydrogen-bond donors (Lipinski definition) is 1. The first-order valence-corrected chi connectivity index (χ1v) is 5.30. The van der Waals surface area contributed by atoms with Crippen LogP contribution in [0.15, 0.2) is 47.2 Å². The molecule has 0 radical (unpaired) electrons. The fourth-order valence-electron chi connectivity index (χ4n) is 1.16. The van der Waals surface area contributed by atoms with Crippen molar-refractivity contribution in [2.75, 3.05) is 14.1 Å². The highest BCUT2D eigenvalue weighted by atomic mass is 16.2. The predicted octanol–water partition coefficient (Wildman–Crippen LogP) is 1.11. The maximum atomic E-state index is 11.6. The van der Waals surface area contributed by atoms with Crippen LogP contribution >= 0.6 is 0 Å². The minimum absolute atomic E-state index is 0.00483. The number of carbonyl (C=O) groups excluding carboxylic acids is 1. The van der Waals surface area contributed by atoms with Gasteiger partial charge < -0.3 is 4.90 Å². The van der Waals surface area contributed by atoms with Gasteiger partial charge >= 0.3 is 0 Å². The Labute approximate surface area is 106 Å². The molecule has 0 bridgehead atoms. The van der Waals surface area contributed by atoms with Gasteiger partial charge in [0, 0.05) is 20.3 Å². The number of amides is 1. The summed E-state index contributed by atoms with van der Waals surface area (Å²) in [5, 5.41) is 12.6. The van der Waals surface area contributed by atoms with Gasteiger partial charge in [-0.25, -0.2) is 5.43 Å². The standard InChI is InChI=1S/C13H14N4O/c1-17(2)10-12(8-14)13(18)16-15-9-11-6-4-3-5-7-11/h3-7,9-10H,1-2H3,(H,16,18)/b12-10+,15-9-. The zero-order valence-corrected chi connectivity index (χ0v) is 10.3. The Balaban J connectivity index is 2.61. The number of rotatable bonds is 4. The van der Waals surface area contributed by atoms with Gasteiger partial charge in [0.05, 0.1) is 6.21 Å². The molecule has 5 nitrogen and oxygen atoms in total. The zero-order chi connectivity index (χ0) is 13.4. The monoisotopic (exact) mass is 242 g/mol. The van der Waals surface area contributed by atoms with Crippen molar-refractivity contribution < 1.29 is 4.79 Å². The normalized spacial score (nSPS) is 11.1. The molecule has 0 aliphatic carbocycles. The first-order valence-electron chi connectivity index (χ1n) is 5.30. The van der Waals surface area contributed by atoms with Gasteiger partial charge in [0.15, 0.2) is 0 Å². The smallest absolute Gasteiger partial charge is 0.283 e. The van der Waals surface area contributed by atoms with Crippen LogP contribution in [0, 0.1) is 11.3 Å². The summed E-state index contributed by atoms with van der Waals surface area (Å²) >= 11 is 0. The first-order chi connectivity index (χ1) is 8.63. The van der Waals surface area contributed by atoms with Gasteiger partial charge in [0.2, 0.25) is 0 Å². The molecule has 0 aliphatic rings. The average Bonchev–Trinajstić information content (AvgIpc) is 2.36. The molecule has 0 aromatic heterocycles. The number of nitriles is 1. The molecule has 0 unspecified atom stereocenters. The van der Waals surface area contributed by atoms with Crippen LogP contribution < -0.4 is 5.43 Å². The van der Waals surface area contributed by atoms with E-state index in [0.717, 1.165) is 5.56 Å². The van der Waals surface area contributed by atoms with Gasteiger partial charge in [-0.05, 0) is 5.56 Å². The van der Waals surface area contributed by atoms with Gasteiger partial charge in [-0.2, -0.15) is 10.4 Å². The Morgan fingerprint density at radius 1 is 1.39 bits per heavy atom. The summed E-state index contributed by atoms with van der Waals surface area (Å²) in [5.41, 5.74) is 3.17. The highest BCUT2D eigenvalue weighted by molar-refractivity contribution is 5.97. The van der Waals surface area contributed by atoms with Gasteiger partial charge in [-0.15, -0.1) is 0 Å². The van der Waals surface area contributed by atoms with Crippen LogP contribution in [0.5, 0.6) is 0 Å². The third-order valence-corrected chi connectivity index (χ3v) is 1.93. The van der Waals surface area contributed by atoms with Crippen LogP contribution in [0.4, 0.5) is 0 Å². The highest BCUT2D eigenvalue weighted by Crippen LogP contribution is 1.95. The van der Waals surface area contributed by atoms with Crippen molar-refractivity contribution in [1.82, 2.24) is 10.3 Å². The van der Waals surface area contributed by atoms with Crippen LogP contribution in [-0.4, -0.2) is 31.1 Å². The molecule has 0 atom stereocenters. The van der Waals surface area contributed by atoms with Crippen LogP contribution in [-0.2, 0) is 4.79 Å². The largest absolute Gasteiger partial charge is 0.382 e. The second-order valence-electron chi connectivity index (χ2n) is 3.73. The molecule has 0 aliphatic heterocycles. The van der Waals surface area contributed by atoms with E-state index in [1.54, 1.807) is 19.0 Å². The maximum absolute atomic E-state index is 11.6. The van der Waals surface area contributed by atoms with E-state index in [-0.39, 0.29) is 5.57 Å². The molecular weight excluding hydrogens is 228 g/mol. The summed E-state index contributed by atoms with van der Waals surface area (Å²) in [7, 11) is 3.47. The summed E-state index contributed by atoms with van der Waals surface area (Å²) in [5.74, 6) is -0.529. The Hall–Kier alpha value is -2.61. The minimum Gasteiger partial charge on any atom is -0.382 e. The predicted molar refractivity (Wildman–Crippen MR) is 69.6 cm³/mol. The van der Waals surface area contributed by atoms with Crippen LogP contribution in [0.2, 0.25) is 0 Å². The third kappa shape index (κ3) is 4.49. The molecule has 0 saturated carbocycles. The lowest BCUT2D eigenvalue weighted by molar-refractivity contribution is -0.117. The lowest BCUT2D eigenvalue weighted by Crippen LogP contribution is -2.20. The van der Waals surface area contributed by atoms with Crippen molar-refractivity contribution in [2.24, 2.45) is 5.10 Å². The van der Waals surface area contributed by atoms with Crippen molar-refractivity contribution >= 4 is 12.1 Å². The average molecular weight is 242 g/mol. The number of benzene rings is 1. The molecule has 0 fully saturated rings. The second-order valence-corrected chi connectivity index (χ2v) is 3.73. The number of carbonyl (C=O) groups is 1. The number of hydrazone groups is 1. The molecule has 1 aromatic carbocycles. The Morgan fingerprint density at radius 3 is 2.61 bits per heavy atom. The highest BCUT2D eigenvalue weighted by Gasteiger charge is 2.07. The Bertz CT molecular complexity index is 497. The fourth-order valence-corrected chi connectivity index (χ4v) is 1.16.